The molecule has 4 aromatic rings. The summed E-state index contributed by atoms with van der Waals surface area (Å²) in [5, 5.41) is 9.37. The molecule has 1 fully saturated rings. The van der Waals surface area contributed by atoms with Gasteiger partial charge >= 0.3 is 0 Å². The predicted octanol–water partition coefficient (Wildman–Crippen LogP) is 2.10. The molecule has 0 radical (unpaired) electrons. The maximum atomic E-state index is 13.5. The maximum absolute atomic E-state index is 13.5. The Morgan fingerprint density at radius 2 is 1.70 bits per heavy atom. The van der Waals surface area contributed by atoms with Gasteiger partial charge in [-0.15, -0.1) is 0 Å². The second-order valence-electron chi connectivity index (χ2n) is 10.6. The molecule has 0 aliphatic carbocycles. The van der Waals surface area contributed by atoms with Crippen molar-refractivity contribution in [1.29, 1.82) is 0 Å². The van der Waals surface area contributed by atoms with Crippen LogP contribution in [0.15, 0.2) is 79.0 Å². The van der Waals surface area contributed by atoms with Crippen LogP contribution < -0.4 is 25.4 Å². The molecule has 1 saturated heterocycles. The lowest BCUT2D eigenvalue weighted by Crippen LogP contribution is -2.61. The minimum atomic E-state index is -0.948. The number of para-hydroxylation sites is 1. The number of hydrogen-bond acceptors (Lipinski definition) is 6. The van der Waals surface area contributed by atoms with Gasteiger partial charge in [-0.2, -0.15) is 0 Å². The van der Waals surface area contributed by atoms with Crippen LogP contribution in [0.4, 0.5) is 0 Å². The lowest BCUT2D eigenvalue weighted by atomic mass is 10.0. The molecule has 0 bridgehead atoms. The number of H-pyrrole nitrogens is 1. The van der Waals surface area contributed by atoms with E-state index in [1.165, 1.54) is 12.0 Å². The van der Waals surface area contributed by atoms with Crippen molar-refractivity contribution in [2.45, 2.75) is 31.5 Å². The molecule has 4 N–H and O–H groups in total. The van der Waals surface area contributed by atoms with Gasteiger partial charge in [-0.3, -0.25) is 19.2 Å². The average Bonchev–Trinajstić information content (AvgIpc) is 3.44. The number of carbonyl (C=O) groups is 4. The van der Waals surface area contributed by atoms with E-state index in [4.69, 9.17) is 9.47 Å². The lowest BCUT2D eigenvalue weighted by Gasteiger charge is -2.32. The Hall–Kier alpha value is -5.32. The first-order valence-electron chi connectivity index (χ1n) is 14.3. The van der Waals surface area contributed by atoms with Crippen LogP contribution >= 0.6 is 0 Å². The van der Waals surface area contributed by atoms with Gasteiger partial charge in [-0.25, -0.2) is 0 Å². The summed E-state index contributed by atoms with van der Waals surface area (Å²) in [5.41, 5.74) is 3.43. The molecule has 228 valence electrons. The largest absolute Gasteiger partial charge is 0.493 e. The Bertz CT molecular complexity index is 1650. The number of aromatic amines is 1. The van der Waals surface area contributed by atoms with Crippen molar-refractivity contribution < 1.29 is 28.7 Å². The average molecular weight is 598 g/mol. The molecule has 1 aliphatic heterocycles. The Kier molecular flexibility index (Phi) is 9.43. The van der Waals surface area contributed by atoms with Gasteiger partial charge in [0.1, 0.15) is 25.2 Å². The van der Waals surface area contributed by atoms with E-state index in [1.54, 1.807) is 19.2 Å². The summed E-state index contributed by atoms with van der Waals surface area (Å²) in [5.74, 6) is -0.542. The van der Waals surface area contributed by atoms with Gasteiger partial charge < -0.3 is 35.3 Å². The summed E-state index contributed by atoms with van der Waals surface area (Å²) in [4.78, 5) is 56.9. The van der Waals surface area contributed by atoms with Gasteiger partial charge in [-0.05, 0) is 34.9 Å². The number of rotatable bonds is 12. The SMILES string of the molecule is COc1ccc(CNC(=O)C(Cc2c[nH]c3ccccc23)NC(=O)CN2CC(=O)NC(Cc3ccccc3)C2=O)cc1OC. The van der Waals surface area contributed by atoms with Crippen LogP contribution in [0.3, 0.4) is 0 Å². The normalized spacial score (nSPS) is 15.4. The van der Waals surface area contributed by atoms with Crippen LogP contribution in [0.1, 0.15) is 16.7 Å². The Balaban J connectivity index is 1.29. The fourth-order valence-corrected chi connectivity index (χ4v) is 5.34. The minimum absolute atomic E-state index is 0.186. The van der Waals surface area contributed by atoms with Crippen LogP contribution in [0, 0.1) is 0 Å². The van der Waals surface area contributed by atoms with Gasteiger partial charge in [-0.1, -0.05) is 54.6 Å². The van der Waals surface area contributed by atoms with Crippen LogP contribution in [0.2, 0.25) is 0 Å². The molecular weight excluding hydrogens is 562 g/mol. The molecule has 0 saturated carbocycles. The molecule has 1 aromatic heterocycles. The van der Waals surface area contributed by atoms with E-state index < -0.39 is 23.9 Å². The third-order valence-electron chi connectivity index (χ3n) is 7.56. The number of piperazine rings is 1. The Morgan fingerprint density at radius 3 is 2.48 bits per heavy atom. The number of hydrogen-bond donors (Lipinski definition) is 4. The van der Waals surface area contributed by atoms with E-state index in [1.807, 2.05) is 66.9 Å². The quantitative estimate of drug-likeness (QED) is 0.197. The second-order valence-corrected chi connectivity index (χ2v) is 10.6. The summed E-state index contributed by atoms with van der Waals surface area (Å²) in [6.45, 7) is -0.410. The molecule has 11 heteroatoms. The molecule has 1 aliphatic rings. The van der Waals surface area contributed by atoms with Crippen LogP contribution in [0.25, 0.3) is 10.9 Å². The molecule has 4 amide bonds. The summed E-state index contributed by atoms with van der Waals surface area (Å²) in [7, 11) is 3.08. The van der Waals surface area contributed by atoms with Crippen molar-refractivity contribution in [2.24, 2.45) is 0 Å². The highest BCUT2D eigenvalue weighted by Crippen LogP contribution is 2.27. The predicted molar refractivity (Wildman–Crippen MR) is 164 cm³/mol. The van der Waals surface area contributed by atoms with Crippen LogP contribution in [-0.4, -0.2) is 72.9 Å². The highest BCUT2D eigenvalue weighted by molar-refractivity contribution is 5.98. The standard InChI is InChI=1S/C33H35N5O6/c1-43-28-13-12-22(15-29(28)44-2)17-35-32(41)26(16-23-18-34-25-11-7-6-10-24(23)25)36-30(39)19-38-20-31(40)37-27(33(38)42)14-21-8-4-3-5-9-21/h3-13,15,18,26-27,34H,14,16-17,19-20H2,1-2H3,(H,35,41)(H,36,39)(H,37,40). The van der Waals surface area contributed by atoms with Crippen molar-refractivity contribution in [2.75, 3.05) is 27.3 Å². The number of nitrogens with zero attached hydrogens (tertiary/aromatic N) is 1. The minimum Gasteiger partial charge on any atom is -0.493 e. The molecule has 44 heavy (non-hydrogen) atoms. The monoisotopic (exact) mass is 597 g/mol. The van der Waals surface area contributed by atoms with E-state index in [2.05, 4.69) is 20.9 Å². The van der Waals surface area contributed by atoms with E-state index in [9.17, 15) is 19.2 Å². The number of amides is 4. The topological polar surface area (TPSA) is 142 Å². The summed E-state index contributed by atoms with van der Waals surface area (Å²) < 4.78 is 10.7. The van der Waals surface area contributed by atoms with E-state index in [0.29, 0.717) is 17.9 Å². The fraction of sp³-hybridized carbons (Fsp3) is 0.273. The Labute approximate surface area is 254 Å². The van der Waals surface area contributed by atoms with Gasteiger partial charge in [0.05, 0.1) is 14.2 Å². The van der Waals surface area contributed by atoms with Crippen molar-refractivity contribution in [3.05, 3.63) is 95.7 Å². The smallest absolute Gasteiger partial charge is 0.246 e. The highest BCUT2D eigenvalue weighted by Gasteiger charge is 2.34. The lowest BCUT2D eigenvalue weighted by molar-refractivity contribution is -0.146. The second kappa shape index (κ2) is 13.8. The van der Waals surface area contributed by atoms with Crippen molar-refractivity contribution in [3.8, 4) is 11.5 Å². The molecule has 2 unspecified atom stereocenters. The van der Waals surface area contributed by atoms with Gasteiger partial charge in [0.15, 0.2) is 11.5 Å². The molecule has 11 nitrogen and oxygen atoms in total. The number of benzene rings is 3. The Morgan fingerprint density at radius 1 is 0.955 bits per heavy atom. The van der Waals surface area contributed by atoms with Gasteiger partial charge in [0.25, 0.3) is 0 Å². The van der Waals surface area contributed by atoms with Crippen molar-refractivity contribution >= 4 is 34.5 Å². The fourth-order valence-electron chi connectivity index (χ4n) is 5.34. The first-order valence-corrected chi connectivity index (χ1v) is 14.3. The van der Waals surface area contributed by atoms with Crippen molar-refractivity contribution in [3.63, 3.8) is 0 Å². The maximum Gasteiger partial charge on any atom is 0.246 e. The van der Waals surface area contributed by atoms with Crippen LogP contribution in [0.5, 0.6) is 11.5 Å². The zero-order chi connectivity index (χ0) is 31.1. The van der Waals surface area contributed by atoms with Gasteiger partial charge in [0.2, 0.25) is 23.6 Å². The zero-order valence-electron chi connectivity index (χ0n) is 24.6. The van der Waals surface area contributed by atoms with Crippen LogP contribution in [-0.2, 0) is 38.6 Å². The molecule has 2 atom stereocenters. The summed E-state index contributed by atoms with van der Waals surface area (Å²) in [6.07, 6.45) is 2.34. The molecule has 5 rings (SSSR count). The van der Waals surface area contributed by atoms with Gasteiger partial charge in [0, 0.05) is 36.5 Å². The summed E-state index contributed by atoms with van der Waals surface area (Å²) >= 11 is 0. The van der Waals surface area contributed by atoms with E-state index in [0.717, 1.165) is 27.6 Å². The first-order chi connectivity index (χ1) is 21.3. The summed E-state index contributed by atoms with van der Waals surface area (Å²) in [6, 6.07) is 20.6. The number of fused-ring (bicyclic) bond motifs is 1. The number of ether oxygens (including phenoxy) is 2. The molecule has 2 heterocycles. The third-order valence-corrected chi connectivity index (χ3v) is 7.56. The molecule has 0 spiro atoms. The van der Waals surface area contributed by atoms with E-state index >= 15 is 0 Å². The highest BCUT2D eigenvalue weighted by atomic mass is 16.5. The zero-order valence-corrected chi connectivity index (χ0v) is 24.6. The number of aromatic nitrogens is 1. The molecular formula is C33H35N5O6. The van der Waals surface area contributed by atoms with E-state index in [-0.39, 0.29) is 37.9 Å². The van der Waals surface area contributed by atoms with Crippen molar-refractivity contribution in [1.82, 2.24) is 25.8 Å². The number of nitrogens with one attached hydrogen (secondary N) is 4. The number of carbonyl (C=O) groups excluding carboxylic acids is 4. The third kappa shape index (κ3) is 7.17. The first kappa shape index (κ1) is 30.1. The molecule has 3 aromatic carbocycles. The number of methoxy groups -OCH3 is 2.